The molecule has 0 heterocycles. The third kappa shape index (κ3) is 2.74. The fourth-order valence-electron chi connectivity index (χ4n) is 2.05. The van der Waals surface area contributed by atoms with Crippen molar-refractivity contribution in [1.29, 1.82) is 0 Å². The van der Waals surface area contributed by atoms with E-state index in [0.29, 0.717) is 0 Å². The fraction of sp³-hybridized carbons (Fsp3) is 0.250. The first-order valence-corrected chi connectivity index (χ1v) is 6.50. The van der Waals surface area contributed by atoms with Gasteiger partial charge in [0, 0.05) is 11.6 Å². The number of rotatable bonds is 3. The van der Waals surface area contributed by atoms with Crippen molar-refractivity contribution in [2.24, 2.45) is 0 Å². The molecule has 0 aliphatic carbocycles. The molecule has 94 valence electrons. The van der Waals surface area contributed by atoms with Gasteiger partial charge in [0.15, 0.2) is 0 Å². The molecular formula is C16H18ClN. The SMILES string of the molecule is CNCc1ccc(C)c(-c2ccc(C)c(Cl)c2)c1. The van der Waals surface area contributed by atoms with Crippen LogP contribution in [0, 0.1) is 13.8 Å². The third-order valence-corrected chi connectivity index (χ3v) is 3.57. The fourth-order valence-corrected chi connectivity index (χ4v) is 2.24. The Labute approximate surface area is 114 Å². The van der Waals surface area contributed by atoms with Gasteiger partial charge in [-0.05, 0) is 60.8 Å². The Morgan fingerprint density at radius 1 is 1.00 bits per heavy atom. The zero-order chi connectivity index (χ0) is 13.1. The van der Waals surface area contributed by atoms with Crippen molar-refractivity contribution in [2.75, 3.05) is 7.05 Å². The number of nitrogens with one attached hydrogen (secondary N) is 1. The summed E-state index contributed by atoms with van der Waals surface area (Å²) in [5.74, 6) is 0. The maximum absolute atomic E-state index is 6.20. The van der Waals surface area contributed by atoms with E-state index < -0.39 is 0 Å². The smallest absolute Gasteiger partial charge is 0.0441 e. The molecule has 0 radical (unpaired) electrons. The number of hydrogen-bond acceptors (Lipinski definition) is 1. The van der Waals surface area contributed by atoms with E-state index in [4.69, 9.17) is 11.6 Å². The molecule has 2 aromatic rings. The van der Waals surface area contributed by atoms with Crippen LogP contribution >= 0.6 is 11.6 Å². The van der Waals surface area contributed by atoms with Crippen LogP contribution in [0.1, 0.15) is 16.7 Å². The summed E-state index contributed by atoms with van der Waals surface area (Å²) in [7, 11) is 1.96. The maximum atomic E-state index is 6.20. The molecule has 0 saturated heterocycles. The highest BCUT2D eigenvalue weighted by Gasteiger charge is 2.05. The average Bonchev–Trinajstić information content (AvgIpc) is 2.35. The Bertz CT molecular complexity index is 561. The van der Waals surface area contributed by atoms with Gasteiger partial charge in [-0.1, -0.05) is 35.9 Å². The Kier molecular flexibility index (Phi) is 4.05. The zero-order valence-electron chi connectivity index (χ0n) is 11.0. The molecule has 0 atom stereocenters. The number of aryl methyl sites for hydroxylation is 2. The van der Waals surface area contributed by atoms with Crippen molar-refractivity contribution in [2.45, 2.75) is 20.4 Å². The Hall–Kier alpha value is -1.31. The van der Waals surface area contributed by atoms with Gasteiger partial charge in [0.25, 0.3) is 0 Å². The third-order valence-electron chi connectivity index (χ3n) is 3.17. The van der Waals surface area contributed by atoms with Gasteiger partial charge in [-0.2, -0.15) is 0 Å². The molecule has 2 heteroatoms. The van der Waals surface area contributed by atoms with Crippen LogP contribution < -0.4 is 5.32 Å². The van der Waals surface area contributed by atoms with E-state index in [-0.39, 0.29) is 0 Å². The van der Waals surface area contributed by atoms with Crippen molar-refractivity contribution in [3.8, 4) is 11.1 Å². The van der Waals surface area contributed by atoms with Gasteiger partial charge in [-0.3, -0.25) is 0 Å². The van der Waals surface area contributed by atoms with Crippen LogP contribution in [-0.4, -0.2) is 7.05 Å². The van der Waals surface area contributed by atoms with Gasteiger partial charge >= 0.3 is 0 Å². The van der Waals surface area contributed by atoms with E-state index >= 15 is 0 Å². The first kappa shape index (κ1) is 13.1. The van der Waals surface area contributed by atoms with E-state index in [1.807, 2.05) is 20.0 Å². The second kappa shape index (κ2) is 5.55. The normalized spacial score (nSPS) is 10.7. The van der Waals surface area contributed by atoms with Crippen molar-refractivity contribution >= 4 is 11.6 Å². The predicted molar refractivity (Wildman–Crippen MR) is 79.1 cm³/mol. The van der Waals surface area contributed by atoms with E-state index in [9.17, 15) is 0 Å². The van der Waals surface area contributed by atoms with Crippen LogP contribution in [0.3, 0.4) is 0 Å². The summed E-state index contributed by atoms with van der Waals surface area (Å²) in [6.45, 7) is 5.04. The topological polar surface area (TPSA) is 12.0 Å². The molecule has 0 saturated carbocycles. The van der Waals surface area contributed by atoms with Crippen LogP contribution in [0.2, 0.25) is 5.02 Å². The van der Waals surface area contributed by atoms with Gasteiger partial charge in [0.05, 0.1) is 0 Å². The highest BCUT2D eigenvalue weighted by Crippen LogP contribution is 2.28. The van der Waals surface area contributed by atoms with Crippen LogP contribution in [0.15, 0.2) is 36.4 Å². The summed E-state index contributed by atoms with van der Waals surface area (Å²) in [6.07, 6.45) is 0. The summed E-state index contributed by atoms with van der Waals surface area (Å²) < 4.78 is 0. The molecule has 0 aromatic heterocycles. The van der Waals surface area contributed by atoms with Crippen molar-refractivity contribution < 1.29 is 0 Å². The molecule has 2 aromatic carbocycles. The van der Waals surface area contributed by atoms with Gasteiger partial charge in [0.2, 0.25) is 0 Å². The molecule has 0 aliphatic heterocycles. The minimum atomic E-state index is 0.825. The van der Waals surface area contributed by atoms with E-state index in [0.717, 1.165) is 17.1 Å². The first-order chi connectivity index (χ1) is 8.61. The summed E-state index contributed by atoms with van der Waals surface area (Å²) in [6, 6.07) is 12.8. The van der Waals surface area contributed by atoms with Crippen molar-refractivity contribution in [1.82, 2.24) is 5.32 Å². The zero-order valence-corrected chi connectivity index (χ0v) is 11.8. The van der Waals surface area contributed by atoms with Crippen molar-refractivity contribution in [3.63, 3.8) is 0 Å². The number of hydrogen-bond donors (Lipinski definition) is 1. The largest absolute Gasteiger partial charge is 0.316 e. The predicted octanol–water partition coefficient (Wildman–Crippen LogP) is 4.34. The standard InChI is InChI=1S/C16H18ClN/c1-11-4-6-13(10-18-3)8-15(11)14-7-5-12(2)16(17)9-14/h4-9,18H,10H2,1-3H3. The Morgan fingerprint density at radius 3 is 2.39 bits per heavy atom. The first-order valence-electron chi connectivity index (χ1n) is 6.12. The number of halogens is 1. The van der Waals surface area contributed by atoms with Crippen LogP contribution in [0.4, 0.5) is 0 Å². The lowest BCUT2D eigenvalue weighted by molar-refractivity contribution is 0.818. The second-order valence-corrected chi connectivity index (χ2v) is 5.05. The highest BCUT2D eigenvalue weighted by atomic mass is 35.5. The summed E-state index contributed by atoms with van der Waals surface area (Å²) in [5.41, 5.74) is 6.11. The van der Waals surface area contributed by atoms with E-state index in [1.54, 1.807) is 0 Å². The molecule has 1 nitrogen and oxygen atoms in total. The molecular weight excluding hydrogens is 242 g/mol. The highest BCUT2D eigenvalue weighted by molar-refractivity contribution is 6.31. The second-order valence-electron chi connectivity index (χ2n) is 4.64. The molecule has 1 N–H and O–H groups in total. The van der Waals surface area contributed by atoms with E-state index in [2.05, 4.69) is 42.6 Å². The molecule has 0 bridgehead atoms. The summed E-state index contributed by atoms with van der Waals surface area (Å²) in [5, 5.41) is 4.00. The van der Waals surface area contributed by atoms with Crippen LogP contribution in [-0.2, 0) is 6.54 Å². The van der Waals surface area contributed by atoms with Gasteiger partial charge in [-0.25, -0.2) is 0 Å². The van der Waals surface area contributed by atoms with E-state index in [1.165, 1.54) is 22.3 Å². The average molecular weight is 260 g/mol. The molecule has 18 heavy (non-hydrogen) atoms. The minimum Gasteiger partial charge on any atom is -0.316 e. The summed E-state index contributed by atoms with van der Waals surface area (Å²) in [4.78, 5) is 0. The molecule has 2 rings (SSSR count). The minimum absolute atomic E-state index is 0.825. The van der Waals surface area contributed by atoms with Gasteiger partial charge in [-0.15, -0.1) is 0 Å². The van der Waals surface area contributed by atoms with Gasteiger partial charge < -0.3 is 5.32 Å². The quantitative estimate of drug-likeness (QED) is 0.865. The Morgan fingerprint density at radius 2 is 1.72 bits per heavy atom. The Balaban J connectivity index is 2.48. The van der Waals surface area contributed by atoms with Crippen LogP contribution in [0.25, 0.3) is 11.1 Å². The molecule has 0 amide bonds. The lowest BCUT2D eigenvalue weighted by Gasteiger charge is -2.10. The van der Waals surface area contributed by atoms with Gasteiger partial charge in [0.1, 0.15) is 0 Å². The van der Waals surface area contributed by atoms with Crippen molar-refractivity contribution in [3.05, 3.63) is 58.1 Å². The maximum Gasteiger partial charge on any atom is 0.0441 e. The molecule has 0 fully saturated rings. The molecule has 0 spiro atoms. The molecule has 0 unspecified atom stereocenters. The lowest BCUT2D eigenvalue weighted by Crippen LogP contribution is -2.05. The summed E-state index contributed by atoms with van der Waals surface area (Å²) >= 11 is 6.20. The van der Waals surface area contributed by atoms with Crippen LogP contribution in [0.5, 0.6) is 0 Å². The number of benzene rings is 2. The lowest BCUT2D eigenvalue weighted by atomic mass is 9.97. The monoisotopic (exact) mass is 259 g/mol. The molecule has 0 aliphatic rings.